The fraction of sp³-hybridized carbons (Fsp3) is 0.643. The second kappa shape index (κ2) is 7.19. The van der Waals surface area contributed by atoms with Crippen molar-refractivity contribution in [3.63, 3.8) is 0 Å². The van der Waals surface area contributed by atoms with E-state index >= 15 is 0 Å². The van der Waals surface area contributed by atoms with Crippen LogP contribution in [0.25, 0.3) is 11.2 Å². The van der Waals surface area contributed by atoms with Crippen LogP contribution in [0.2, 0.25) is 0 Å². The Hall–Kier alpha value is -1.46. The number of aliphatic hydroxyl groups excluding tert-OH is 3. The van der Waals surface area contributed by atoms with Crippen LogP contribution in [-0.2, 0) is 4.74 Å². The standard InChI is InChI=1S/C14H21N5O4S/c1-2-3-4-24-12-8-11(17-14(15)18-12)19(6-16-8)13-10(22)9(21)7(5-20)23-13/h6-7,9-10,13,20-22H,2-5H2,1H3,(H2,15,17,18)/t7-,9-,10-,13-/m1/s1. The van der Waals surface area contributed by atoms with Gasteiger partial charge in [-0.1, -0.05) is 13.3 Å². The van der Waals surface area contributed by atoms with Crippen molar-refractivity contribution in [3.8, 4) is 0 Å². The Kier molecular flexibility index (Phi) is 5.21. The van der Waals surface area contributed by atoms with Crippen molar-refractivity contribution in [1.82, 2.24) is 19.5 Å². The maximum atomic E-state index is 10.2. The number of imidazole rings is 1. The smallest absolute Gasteiger partial charge is 0.223 e. The molecule has 0 aliphatic carbocycles. The van der Waals surface area contributed by atoms with Crippen LogP contribution < -0.4 is 5.73 Å². The Balaban J connectivity index is 1.95. The maximum Gasteiger partial charge on any atom is 0.223 e. The summed E-state index contributed by atoms with van der Waals surface area (Å²) in [5, 5.41) is 30.0. The zero-order chi connectivity index (χ0) is 17.3. The number of nitrogens with two attached hydrogens (primary N) is 1. The molecule has 132 valence electrons. The predicted molar refractivity (Wildman–Crippen MR) is 88.4 cm³/mol. The number of anilines is 1. The highest BCUT2D eigenvalue weighted by Crippen LogP contribution is 2.33. The molecule has 9 nitrogen and oxygen atoms in total. The normalized spacial score (nSPS) is 27.2. The minimum atomic E-state index is -1.20. The first-order chi connectivity index (χ1) is 11.6. The SMILES string of the molecule is CCCCSc1nc(N)nc2c1ncn2[C@@H]1O[C@H](CO)[C@@H](O)[C@H]1O. The van der Waals surface area contributed by atoms with Gasteiger partial charge in [0.1, 0.15) is 28.9 Å². The van der Waals surface area contributed by atoms with Crippen molar-refractivity contribution in [2.45, 2.75) is 49.3 Å². The second-order valence-corrected chi connectivity index (χ2v) is 6.73. The van der Waals surface area contributed by atoms with Crippen LogP contribution in [0.15, 0.2) is 11.4 Å². The average molecular weight is 355 g/mol. The predicted octanol–water partition coefficient (Wildman–Crippen LogP) is -0.0878. The van der Waals surface area contributed by atoms with E-state index in [0.717, 1.165) is 18.6 Å². The molecular formula is C14H21N5O4S. The highest BCUT2D eigenvalue weighted by molar-refractivity contribution is 7.99. The summed E-state index contributed by atoms with van der Waals surface area (Å²) in [6, 6.07) is 0. The van der Waals surface area contributed by atoms with E-state index in [0.29, 0.717) is 16.2 Å². The van der Waals surface area contributed by atoms with Gasteiger partial charge in [-0.3, -0.25) is 4.57 Å². The topological polar surface area (TPSA) is 140 Å². The monoisotopic (exact) mass is 355 g/mol. The molecule has 0 radical (unpaired) electrons. The molecule has 1 aliphatic rings. The number of aliphatic hydroxyl groups is 3. The average Bonchev–Trinajstić information content (AvgIpc) is 3.10. The number of aromatic nitrogens is 4. The van der Waals surface area contributed by atoms with Crippen molar-refractivity contribution < 1.29 is 20.1 Å². The summed E-state index contributed by atoms with van der Waals surface area (Å²) in [6.45, 7) is 1.72. The number of rotatable bonds is 6. The van der Waals surface area contributed by atoms with Crippen molar-refractivity contribution in [1.29, 1.82) is 0 Å². The zero-order valence-corrected chi connectivity index (χ0v) is 14.1. The molecule has 0 spiro atoms. The molecule has 0 saturated carbocycles. The molecule has 0 unspecified atom stereocenters. The van der Waals surface area contributed by atoms with Crippen molar-refractivity contribution in [2.24, 2.45) is 0 Å². The highest BCUT2D eigenvalue weighted by atomic mass is 32.2. The molecule has 2 aromatic heterocycles. The maximum absolute atomic E-state index is 10.2. The van der Waals surface area contributed by atoms with Gasteiger partial charge in [-0.05, 0) is 12.2 Å². The van der Waals surface area contributed by atoms with Crippen LogP contribution in [0.1, 0.15) is 26.0 Å². The van der Waals surface area contributed by atoms with Crippen LogP contribution >= 0.6 is 11.8 Å². The van der Waals surface area contributed by atoms with Gasteiger partial charge in [0.25, 0.3) is 0 Å². The van der Waals surface area contributed by atoms with E-state index in [4.69, 9.17) is 10.5 Å². The minimum Gasteiger partial charge on any atom is -0.394 e. The van der Waals surface area contributed by atoms with E-state index in [1.54, 1.807) is 11.8 Å². The van der Waals surface area contributed by atoms with Crippen LogP contribution in [-0.4, -0.2) is 65.5 Å². The lowest BCUT2D eigenvalue weighted by molar-refractivity contribution is -0.0511. The Morgan fingerprint density at radius 1 is 1.33 bits per heavy atom. The molecule has 3 heterocycles. The number of nitrogen functional groups attached to an aromatic ring is 1. The van der Waals surface area contributed by atoms with Crippen LogP contribution in [0.3, 0.4) is 0 Å². The molecule has 10 heteroatoms. The van der Waals surface area contributed by atoms with E-state index in [9.17, 15) is 15.3 Å². The quantitative estimate of drug-likeness (QED) is 0.318. The Bertz CT molecular complexity index is 712. The fourth-order valence-electron chi connectivity index (χ4n) is 2.62. The van der Waals surface area contributed by atoms with E-state index in [1.165, 1.54) is 10.9 Å². The molecule has 3 rings (SSSR count). The van der Waals surface area contributed by atoms with Gasteiger partial charge in [0.15, 0.2) is 11.9 Å². The van der Waals surface area contributed by atoms with Gasteiger partial charge in [0.2, 0.25) is 5.95 Å². The molecule has 24 heavy (non-hydrogen) atoms. The first-order valence-electron chi connectivity index (χ1n) is 7.82. The van der Waals surface area contributed by atoms with Crippen LogP contribution in [0.5, 0.6) is 0 Å². The molecule has 4 atom stereocenters. The molecule has 1 fully saturated rings. The lowest BCUT2D eigenvalue weighted by Gasteiger charge is -2.16. The van der Waals surface area contributed by atoms with Gasteiger partial charge in [0, 0.05) is 0 Å². The molecule has 0 aromatic carbocycles. The van der Waals surface area contributed by atoms with E-state index in [-0.39, 0.29) is 5.95 Å². The summed E-state index contributed by atoms with van der Waals surface area (Å²) in [5.74, 6) is 0.998. The lowest BCUT2D eigenvalue weighted by atomic mass is 10.1. The van der Waals surface area contributed by atoms with Crippen molar-refractivity contribution in [2.75, 3.05) is 18.1 Å². The summed E-state index contributed by atoms with van der Waals surface area (Å²) in [4.78, 5) is 12.8. The van der Waals surface area contributed by atoms with Gasteiger partial charge in [-0.15, -0.1) is 11.8 Å². The summed E-state index contributed by atoms with van der Waals surface area (Å²) in [5.41, 5.74) is 6.80. The van der Waals surface area contributed by atoms with Crippen molar-refractivity contribution >= 4 is 28.9 Å². The Morgan fingerprint density at radius 3 is 2.79 bits per heavy atom. The first-order valence-corrected chi connectivity index (χ1v) is 8.80. The molecule has 1 aliphatic heterocycles. The number of hydrogen-bond donors (Lipinski definition) is 4. The second-order valence-electron chi connectivity index (χ2n) is 5.64. The third-order valence-electron chi connectivity index (χ3n) is 3.93. The fourth-order valence-corrected chi connectivity index (χ4v) is 3.68. The Labute approximate surface area is 142 Å². The minimum absolute atomic E-state index is 0.106. The lowest BCUT2D eigenvalue weighted by Crippen LogP contribution is -2.33. The van der Waals surface area contributed by atoms with Crippen molar-refractivity contribution in [3.05, 3.63) is 6.33 Å². The zero-order valence-electron chi connectivity index (χ0n) is 13.2. The number of thioether (sulfide) groups is 1. The molecule has 2 aromatic rings. The van der Waals surface area contributed by atoms with Gasteiger partial charge < -0.3 is 25.8 Å². The van der Waals surface area contributed by atoms with Gasteiger partial charge in [0.05, 0.1) is 12.9 Å². The van der Waals surface area contributed by atoms with Crippen LogP contribution in [0.4, 0.5) is 5.95 Å². The molecular weight excluding hydrogens is 334 g/mol. The van der Waals surface area contributed by atoms with Gasteiger partial charge in [-0.25, -0.2) is 9.97 Å². The molecule has 0 amide bonds. The number of fused-ring (bicyclic) bond motifs is 1. The van der Waals surface area contributed by atoms with Gasteiger partial charge in [-0.2, -0.15) is 4.98 Å². The number of ether oxygens (including phenoxy) is 1. The Morgan fingerprint density at radius 2 is 2.12 bits per heavy atom. The summed E-state index contributed by atoms with van der Waals surface area (Å²) >= 11 is 1.55. The summed E-state index contributed by atoms with van der Waals surface area (Å²) < 4.78 is 7.05. The van der Waals surface area contributed by atoms with E-state index < -0.39 is 31.1 Å². The van der Waals surface area contributed by atoms with E-state index in [1.807, 2.05) is 0 Å². The number of unbranched alkanes of at least 4 members (excludes halogenated alkanes) is 1. The number of nitrogens with zero attached hydrogens (tertiary/aromatic N) is 4. The highest BCUT2D eigenvalue weighted by Gasteiger charge is 2.44. The summed E-state index contributed by atoms with van der Waals surface area (Å²) in [6.07, 6.45) is -0.547. The van der Waals surface area contributed by atoms with E-state index in [2.05, 4.69) is 21.9 Å². The first kappa shape index (κ1) is 17.4. The summed E-state index contributed by atoms with van der Waals surface area (Å²) in [7, 11) is 0. The largest absolute Gasteiger partial charge is 0.394 e. The third kappa shape index (κ3) is 3.07. The molecule has 0 bridgehead atoms. The number of hydrogen-bond acceptors (Lipinski definition) is 9. The third-order valence-corrected chi connectivity index (χ3v) is 4.99. The molecule has 5 N–H and O–H groups in total. The van der Waals surface area contributed by atoms with Crippen LogP contribution in [0, 0.1) is 0 Å². The molecule has 1 saturated heterocycles. The van der Waals surface area contributed by atoms with Gasteiger partial charge >= 0.3 is 0 Å².